The van der Waals surface area contributed by atoms with E-state index in [1.165, 1.54) is 0 Å². The van der Waals surface area contributed by atoms with Crippen molar-refractivity contribution in [2.75, 3.05) is 25.3 Å². The van der Waals surface area contributed by atoms with E-state index in [0.717, 1.165) is 34.1 Å². The second kappa shape index (κ2) is 6.00. The number of aromatic nitrogens is 2. The summed E-state index contributed by atoms with van der Waals surface area (Å²) in [5, 5.41) is 3.20. The van der Waals surface area contributed by atoms with Crippen LogP contribution in [-0.4, -0.2) is 29.9 Å². The minimum absolute atomic E-state index is 0.265. The molecule has 1 aliphatic heterocycles. The Labute approximate surface area is 133 Å². The van der Waals surface area contributed by atoms with Crippen molar-refractivity contribution >= 4 is 16.9 Å². The number of rotatable bonds is 5. The lowest BCUT2D eigenvalue weighted by atomic mass is 10.3. The molecule has 4 rings (SSSR count). The summed E-state index contributed by atoms with van der Waals surface area (Å²) in [5.41, 5.74) is 1.75. The average Bonchev–Trinajstić information content (AvgIpc) is 3.06. The third kappa shape index (κ3) is 2.96. The van der Waals surface area contributed by atoms with Crippen LogP contribution in [0.1, 0.15) is 0 Å². The molecule has 6 heteroatoms. The summed E-state index contributed by atoms with van der Waals surface area (Å²) in [6.45, 7) is 1.40. The molecule has 0 aliphatic carbocycles. The van der Waals surface area contributed by atoms with E-state index in [4.69, 9.17) is 14.2 Å². The monoisotopic (exact) mass is 309 g/mol. The molecule has 0 fully saturated rings. The number of para-hydroxylation sites is 2. The standard InChI is InChI=1S/C17H15N3O3/c1-2-4-14-13(3-1)19-10-17(20-14)18-7-8-21-12-5-6-15-16(9-12)23-11-22-15/h1-6,9-10H,7-8,11H2,(H,18,20). The summed E-state index contributed by atoms with van der Waals surface area (Å²) in [4.78, 5) is 8.86. The van der Waals surface area contributed by atoms with Crippen LogP contribution in [0.3, 0.4) is 0 Å². The van der Waals surface area contributed by atoms with Crippen LogP contribution in [0, 0.1) is 0 Å². The fraction of sp³-hybridized carbons (Fsp3) is 0.176. The second-order valence-electron chi connectivity index (χ2n) is 5.03. The van der Waals surface area contributed by atoms with Crippen molar-refractivity contribution in [3.8, 4) is 17.2 Å². The number of anilines is 1. The summed E-state index contributed by atoms with van der Waals surface area (Å²) in [6.07, 6.45) is 1.73. The lowest BCUT2D eigenvalue weighted by Gasteiger charge is -2.09. The van der Waals surface area contributed by atoms with Gasteiger partial charge in [-0.1, -0.05) is 12.1 Å². The highest BCUT2D eigenvalue weighted by atomic mass is 16.7. The van der Waals surface area contributed by atoms with Crippen LogP contribution >= 0.6 is 0 Å². The van der Waals surface area contributed by atoms with E-state index in [9.17, 15) is 0 Å². The molecule has 116 valence electrons. The van der Waals surface area contributed by atoms with Crippen molar-refractivity contribution in [1.29, 1.82) is 0 Å². The lowest BCUT2D eigenvalue weighted by Crippen LogP contribution is -2.12. The number of hydrogen-bond acceptors (Lipinski definition) is 6. The summed E-state index contributed by atoms with van der Waals surface area (Å²) < 4.78 is 16.3. The molecular weight excluding hydrogens is 294 g/mol. The maximum atomic E-state index is 5.69. The van der Waals surface area contributed by atoms with Gasteiger partial charge in [-0.2, -0.15) is 0 Å². The SMILES string of the molecule is c1ccc2nc(NCCOc3ccc4c(c3)OCO4)cnc2c1. The van der Waals surface area contributed by atoms with Gasteiger partial charge in [0.15, 0.2) is 11.5 Å². The van der Waals surface area contributed by atoms with Crippen LogP contribution in [0.15, 0.2) is 48.7 Å². The summed E-state index contributed by atoms with van der Waals surface area (Å²) in [5.74, 6) is 2.96. The van der Waals surface area contributed by atoms with Gasteiger partial charge in [0.2, 0.25) is 6.79 Å². The van der Waals surface area contributed by atoms with Crippen molar-refractivity contribution in [1.82, 2.24) is 9.97 Å². The summed E-state index contributed by atoms with van der Waals surface area (Å²) in [6, 6.07) is 13.3. The largest absolute Gasteiger partial charge is 0.492 e. The van der Waals surface area contributed by atoms with Crippen molar-refractivity contribution in [2.45, 2.75) is 0 Å². The molecule has 0 amide bonds. The predicted octanol–water partition coefficient (Wildman–Crippen LogP) is 2.85. The average molecular weight is 309 g/mol. The van der Waals surface area contributed by atoms with Crippen LogP contribution < -0.4 is 19.5 Å². The van der Waals surface area contributed by atoms with E-state index < -0.39 is 0 Å². The van der Waals surface area contributed by atoms with E-state index in [1.54, 1.807) is 6.20 Å². The number of ether oxygens (including phenoxy) is 3. The maximum Gasteiger partial charge on any atom is 0.231 e. The zero-order valence-corrected chi connectivity index (χ0v) is 12.4. The first-order valence-corrected chi connectivity index (χ1v) is 7.37. The van der Waals surface area contributed by atoms with Crippen LogP contribution in [0.25, 0.3) is 11.0 Å². The summed E-state index contributed by atoms with van der Waals surface area (Å²) >= 11 is 0. The highest BCUT2D eigenvalue weighted by Crippen LogP contribution is 2.34. The first kappa shape index (κ1) is 13.6. The van der Waals surface area contributed by atoms with Gasteiger partial charge in [-0.15, -0.1) is 0 Å². The maximum absolute atomic E-state index is 5.69. The minimum atomic E-state index is 0.265. The Morgan fingerprint density at radius 3 is 2.87 bits per heavy atom. The van der Waals surface area contributed by atoms with Crippen molar-refractivity contribution in [3.63, 3.8) is 0 Å². The van der Waals surface area contributed by atoms with Crippen molar-refractivity contribution < 1.29 is 14.2 Å². The molecule has 6 nitrogen and oxygen atoms in total. The Kier molecular flexibility index (Phi) is 3.56. The molecular formula is C17H15N3O3. The van der Waals surface area contributed by atoms with Gasteiger partial charge in [0, 0.05) is 6.07 Å². The molecule has 0 atom stereocenters. The fourth-order valence-electron chi connectivity index (χ4n) is 2.36. The van der Waals surface area contributed by atoms with Gasteiger partial charge in [-0.05, 0) is 24.3 Å². The van der Waals surface area contributed by atoms with E-state index in [0.29, 0.717) is 13.2 Å². The van der Waals surface area contributed by atoms with Gasteiger partial charge in [-0.25, -0.2) is 4.98 Å². The van der Waals surface area contributed by atoms with Gasteiger partial charge < -0.3 is 19.5 Å². The molecule has 2 heterocycles. The van der Waals surface area contributed by atoms with E-state index in [1.807, 2.05) is 42.5 Å². The Morgan fingerprint density at radius 2 is 1.91 bits per heavy atom. The number of hydrogen-bond donors (Lipinski definition) is 1. The van der Waals surface area contributed by atoms with Gasteiger partial charge in [0.05, 0.1) is 23.8 Å². The summed E-state index contributed by atoms with van der Waals surface area (Å²) in [7, 11) is 0. The number of nitrogens with one attached hydrogen (secondary N) is 1. The molecule has 3 aromatic rings. The molecule has 2 aromatic carbocycles. The molecule has 0 bridgehead atoms. The zero-order valence-electron chi connectivity index (χ0n) is 12.4. The van der Waals surface area contributed by atoms with Gasteiger partial charge in [0.25, 0.3) is 0 Å². The van der Waals surface area contributed by atoms with Crippen LogP contribution in [0.5, 0.6) is 17.2 Å². The van der Waals surface area contributed by atoms with Crippen molar-refractivity contribution in [2.24, 2.45) is 0 Å². The first-order chi connectivity index (χ1) is 11.4. The van der Waals surface area contributed by atoms with Crippen molar-refractivity contribution in [3.05, 3.63) is 48.7 Å². The lowest BCUT2D eigenvalue weighted by molar-refractivity contribution is 0.174. The number of benzene rings is 2. The second-order valence-corrected chi connectivity index (χ2v) is 5.03. The van der Waals surface area contributed by atoms with Gasteiger partial charge in [-0.3, -0.25) is 4.98 Å². The predicted molar refractivity (Wildman–Crippen MR) is 86.1 cm³/mol. The Hall–Kier alpha value is -3.02. The zero-order chi connectivity index (χ0) is 15.5. The molecule has 1 aliphatic rings. The highest BCUT2D eigenvalue weighted by Gasteiger charge is 2.13. The minimum Gasteiger partial charge on any atom is -0.492 e. The van der Waals surface area contributed by atoms with Crippen LogP contribution in [0.2, 0.25) is 0 Å². The third-order valence-electron chi connectivity index (χ3n) is 3.47. The molecule has 23 heavy (non-hydrogen) atoms. The fourth-order valence-corrected chi connectivity index (χ4v) is 2.36. The Morgan fingerprint density at radius 1 is 1.04 bits per heavy atom. The highest BCUT2D eigenvalue weighted by molar-refractivity contribution is 5.75. The molecule has 0 radical (unpaired) electrons. The Bertz CT molecular complexity index is 838. The molecule has 1 aromatic heterocycles. The molecule has 0 saturated heterocycles. The van der Waals surface area contributed by atoms with E-state index in [-0.39, 0.29) is 6.79 Å². The number of nitrogens with zero attached hydrogens (tertiary/aromatic N) is 2. The quantitative estimate of drug-likeness (QED) is 0.731. The normalized spacial score (nSPS) is 12.3. The van der Waals surface area contributed by atoms with Crippen LogP contribution in [0.4, 0.5) is 5.82 Å². The number of fused-ring (bicyclic) bond motifs is 2. The van der Waals surface area contributed by atoms with E-state index in [2.05, 4.69) is 15.3 Å². The topological polar surface area (TPSA) is 65.5 Å². The van der Waals surface area contributed by atoms with Crippen LogP contribution in [-0.2, 0) is 0 Å². The third-order valence-corrected chi connectivity index (χ3v) is 3.47. The van der Waals surface area contributed by atoms with Gasteiger partial charge in [0.1, 0.15) is 18.2 Å². The molecule has 1 N–H and O–H groups in total. The first-order valence-electron chi connectivity index (χ1n) is 7.37. The smallest absolute Gasteiger partial charge is 0.231 e. The molecule has 0 spiro atoms. The Balaban J connectivity index is 1.32. The van der Waals surface area contributed by atoms with E-state index >= 15 is 0 Å². The molecule has 0 unspecified atom stereocenters. The van der Waals surface area contributed by atoms with Gasteiger partial charge >= 0.3 is 0 Å². The molecule has 0 saturated carbocycles.